The molecule has 4 rings (SSSR count). The molecule has 0 radical (unpaired) electrons. The minimum absolute atomic E-state index is 0.159. The Labute approximate surface area is 127 Å². The van der Waals surface area contributed by atoms with E-state index in [9.17, 15) is 9.59 Å². The van der Waals surface area contributed by atoms with Crippen LogP contribution in [0.25, 0.3) is 0 Å². The molecule has 0 unspecified atom stereocenters. The van der Waals surface area contributed by atoms with Crippen LogP contribution in [0, 0.1) is 28.6 Å². The maximum atomic E-state index is 12.0. The summed E-state index contributed by atoms with van der Waals surface area (Å²) in [6.07, 6.45) is 10.2. The van der Waals surface area contributed by atoms with Crippen molar-refractivity contribution >= 4 is 11.6 Å². The number of carbonyl (C=O) groups excluding carboxylic acids is 2. The standard InChI is InChI=1S/C19H26O2/c1-18-7-6-16-15(17(18)10-14(21)11-18)4-3-12-9-13(20)5-8-19(12,16)2/h10,12,15-16H,3-9,11H2,1-2H3/t12-,15+,16-,18+,19-/m0/s1. The predicted molar refractivity (Wildman–Crippen MR) is 81.7 cm³/mol. The number of carbonyl (C=O) groups is 2. The van der Waals surface area contributed by atoms with E-state index in [4.69, 9.17) is 0 Å². The molecule has 0 amide bonds. The predicted octanol–water partition coefficient (Wildman–Crippen LogP) is 4.09. The van der Waals surface area contributed by atoms with Crippen LogP contribution in [0.15, 0.2) is 11.6 Å². The molecular weight excluding hydrogens is 260 g/mol. The summed E-state index contributed by atoms with van der Waals surface area (Å²) in [4.78, 5) is 23.8. The zero-order chi connectivity index (χ0) is 14.8. The van der Waals surface area contributed by atoms with Gasteiger partial charge in [0.15, 0.2) is 5.78 Å². The smallest absolute Gasteiger partial charge is 0.156 e. The van der Waals surface area contributed by atoms with E-state index in [2.05, 4.69) is 13.8 Å². The maximum absolute atomic E-state index is 12.0. The van der Waals surface area contributed by atoms with Crippen molar-refractivity contribution in [1.82, 2.24) is 0 Å². The highest BCUT2D eigenvalue weighted by Gasteiger charge is 2.56. The number of hydrogen-bond acceptors (Lipinski definition) is 2. The summed E-state index contributed by atoms with van der Waals surface area (Å²) in [6.45, 7) is 4.75. The Hall–Kier alpha value is -0.920. The first-order valence-corrected chi connectivity index (χ1v) is 8.69. The van der Waals surface area contributed by atoms with Gasteiger partial charge in [-0.25, -0.2) is 0 Å². The molecule has 0 heterocycles. The topological polar surface area (TPSA) is 34.1 Å². The first-order valence-electron chi connectivity index (χ1n) is 8.69. The Kier molecular flexibility index (Phi) is 2.81. The normalized spacial score (nSPS) is 49.2. The molecule has 2 heteroatoms. The second-order valence-corrected chi connectivity index (χ2v) is 8.58. The van der Waals surface area contributed by atoms with E-state index in [-0.39, 0.29) is 5.41 Å². The lowest BCUT2D eigenvalue weighted by Gasteiger charge is -2.58. The summed E-state index contributed by atoms with van der Waals surface area (Å²) in [5.41, 5.74) is 1.97. The number of rotatable bonds is 0. The van der Waals surface area contributed by atoms with E-state index in [0.717, 1.165) is 25.7 Å². The molecule has 21 heavy (non-hydrogen) atoms. The zero-order valence-electron chi connectivity index (χ0n) is 13.3. The number of allylic oxidation sites excluding steroid dienone is 2. The van der Waals surface area contributed by atoms with Crippen LogP contribution in [0.2, 0.25) is 0 Å². The molecule has 0 spiro atoms. The van der Waals surface area contributed by atoms with Gasteiger partial charge in [-0.3, -0.25) is 9.59 Å². The van der Waals surface area contributed by atoms with E-state index in [0.29, 0.717) is 34.7 Å². The summed E-state index contributed by atoms with van der Waals surface area (Å²) in [6, 6.07) is 0. The second-order valence-electron chi connectivity index (χ2n) is 8.58. The number of ketones is 2. The van der Waals surface area contributed by atoms with E-state index in [1.165, 1.54) is 31.3 Å². The highest BCUT2D eigenvalue weighted by molar-refractivity contribution is 5.94. The van der Waals surface area contributed by atoms with Crippen LogP contribution in [0.1, 0.15) is 65.2 Å². The molecule has 0 aliphatic heterocycles. The second kappa shape index (κ2) is 4.30. The van der Waals surface area contributed by atoms with Crippen LogP contribution < -0.4 is 0 Å². The molecule has 0 saturated heterocycles. The minimum Gasteiger partial charge on any atom is -0.300 e. The van der Waals surface area contributed by atoms with Crippen molar-refractivity contribution in [2.24, 2.45) is 28.6 Å². The van der Waals surface area contributed by atoms with Crippen molar-refractivity contribution in [2.75, 3.05) is 0 Å². The first-order chi connectivity index (χ1) is 9.92. The fourth-order valence-corrected chi connectivity index (χ4v) is 6.23. The molecule has 0 aromatic rings. The third kappa shape index (κ3) is 1.83. The number of hydrogen-bond donors (Lipinski definition) is 0. The van der Waals surface area contributed by atoms with Gasteiger partial charge in [-0.1, -0.05) is 19.4 Å². The maximum Gasteiger partial charge on any atom is 0.156 e. The molecule has 2 nitrogen and oxygen atoms in total. The molecule has 4 aliphatic carbocycles. The van der Waals surface area contributed by atoms with Crippen molar-refractivity contribution in [2.45, 2.75) is 65.2 Å². The van der Waals surface area contributed by atoms with Crippen molar-refractivity contribution in [3.05, 3.63) is 11.6 Å². The van der Waals surface area contributed by atoms with Crippen LogP contribution in [0.4, 0.5) is 0 Å². The third-order valence-electron chi connectivity index (χ3n) is 7.49. The van der Waals surface area contributed by atoms with Crippen LogP contribution in [-0.2, 0) is 9.59 Å². The Bertz CT molecular complexity index is 546. The fourth-order valence-electron chi connectivity index (χ4n) is 6.23. The average Bonchev–Trinajstić information content (AvgIpc) is 2.74. The Morgan fingerprint density at radius 2 is 1.90 bits per heavy atom. The monoisotopic (exact) mass is 286 g/mol. The molecule has 3 saturated carbocycles. The van der Waals surface area contributed by atoms with Gasteiger partial charge in [0, 0.05) is 19.3 Å². The lowest BCUT2D eigenvalue weighted by molar-refractivity contribution is -0.131. The quantitative estimate of drug-likeness (QED) is 0.672. The highest BCUT2D eigenvalue weighted by atomic mass is 16.1. The summed E-state index contributed by atoms with van der Waals surface area (Å²) < 4.78 is 0. The van der Waals surface area contributed by atoms with Crippen LogP contribution in [-0.4, -0.2) is 11.6 Å². The van der Waals surface area contributed by atoms with Gasteiger partial charge >= 0.3 is 0 Å². The van der Waals surface area contributed by atoms with E-state index in [1.807, 2.05) is 6.08 Å². The lowest BCUT2D eigenvalue weighted by Crippen LogP contribution is -2.50. The lowest BCUT2D eigenvalue weighted by atomic mass is 9.46. The van der Waals surface area contributed by atoms with Crippen molar-refractivity contribution in [1.29, 1.82) is 0 Å². The minimum atomic E-state index is 0.159. The van der Waals surface area contributed by atoms with Crippen LogP contribution in [0.5, 0.6) is 0 Å². The number of fused-ring (bicyclic) bond motifs is 5. The average molecular weight is 286 g/mol. The molecule has 5 atom stereocenters. The summed E-state index contributed by atoms with van der Waals surface area (Å²) in [5, 5.41) is 0. The molecule has 0 bridgehead atoms. The van der Waals surface area contributed by atoms with E-state index < -0.39 is 0 Å². The zero-order valence-corrected chi connectivity index (χ0v) is 13.3. The van der Waals surface area contributed by atoms with E-state index in [1.54, 1.807) is 0 Å². The Balaban J connectivity index is 1.69. The van der Waals surface area contributed by atoms with Gasteiger partial charge < -0.3 is 0 Å². The van der Waals surface area contributed by atoms with Crippen molar-refractivity contribution in [3.63, 3.8) is 0 Å². The van der Waals surface area contributed by atoms with Gasteiger partial charge in [0.2, 0.25) is 0 Å². The molecule has 4 aliphatic rings. The molecule has 0 aromatic carbocycles. The number of Topliss-reactive ketones (excluding diaryl/α,β-unsaturated/α-hetero) is 1. The third-order valence-corrected chi connectivity index (χ3v) is 7.49. The van der Waals surface area contributed by atoms with Gasteiger partial charge in [0.1, 0.15) is 5.78 Å². The van der Waals surface area contributed by atoms with Crippen molar-refractivity contribution in [3.8, 4) is 0 Å². The summed E-state index contributed by atoms with van der Waals surface area (Å²) in [7, 11) is 0. The Morgan fingerprint density at radius 1 is 1.10 bits per heavy atom. The van der Waals surface area contributed by atoms with Crippen LogP contribution >= 0.6 is 0 Å². The largest absolute Gasteiger partial charge is 0.300 e. The van der Waals surface area contributed by atoms with Gasteiger partial charge in [0.05, 0.1) is 0 Å². The van der Waals surface area contributed by atoms with Crippen LogP contribution in [0.3, 0.4) is 0 Å². The molecule has 0 N–H and O–H groups in total. The molecular formula is C19H26O2. The summed E-state index contributed by atoms with van der Waals surface area (Å²) >= 11 is 0. The van der Waals surface area contributed by atoms with Crippen molar-refractivity contribution < 1.29 is 9.59 Å². The SMILES string of the molecule is C[C@]12CC[C@H]3[C@@H](CC[C@H]4CC(=O)CC[C@@]43C)C1=CC(=O)C2. The highest BCUT2D eigenvalue weighted by Crippen LogP contribution is 2.64. The molecule has 3 fully saturated rings. The van der Waals surface area contributed by atoms with E-state index >= 15 is 0 Å². The first kappa shape index (κ1) is 13.7. The molecule has 114 valence electrons. The van der Waals surface area contributed by atoms with Gasteiger partial charge in [-0.2, -0.15) is 0 Å². The van der Waals surface area contributed by atoms with Gasteiger partial charge in [0.25, 0.3) is 0 Å². The fraction of sp³-hybridized carbons (Fsp3) is 0.789. The van der Waals surface area contributed by atoms with Gasteiger partial charge in [-0.05, 0) is 66.8 Å². The summed E-state index contributed by atoms with van der Waals surface area (Å²) in [5.74, 6) is 2.74. The molecule has 0 aromatic heterocycles. The van der Waals surface area contributed by atoms with Gasteiger partial charge in [-0.15, -0.1) is 0 Å². The Morgan fingerprint density at radius 3 is 2.71 bits per heavy atom.